The predicted molar refractivity (Wildman–Crippen MR) is 88.0 cm³/mol. The molecule has 116 valence electrons. The van der Waals surface area contributed by atoms with Crippen LogP contribution in [0.2, 0.25) is 0 Å². The van der Waals surface area contributed by atoms with Gasteiger partial charge in [-0.3, -0.25) is 14.6 Å². The van der Waals surface area contributed by atoms with Crippen LogP contribution in [0.3, 0.4) is 0 Å². The van der Waals surface area contributed by atoms with Crippen molar-refractivity contribution in [2.45, 2.75) is 11.8 Å². The van der Waals surface area contributed by atoms with Crippen molar-refractivity contribution in [2.24, 2.45) is 0 Å². The van der Waals surface area contributed by atoms with E-state index in [1.54, 1.807) is 0 Å². The number of hydrogen-bond acceptors (Lipinski definition) is 4. The molecule has 1 N–H and O–H groups in total. The summed E-state index contributed by atoms with van der Waals surface area (Å²) in [6.45, 7) is 0.226. The quantitative estimate of drug-likeness (QED) is 0.707. The smallest absolute Gasteiger partial charge is 0.328 e. The van der Waals surface area contributed by atoms with Gasteiger partial charge in [0.25, 0.3) is 5.91 Å². The number of amides is 3. The van der Waals surface area contributed by atoms with Gasteiger partial charge >= 0.3 is 6.03 Å². The number of benzene rings is 1. The third-order valence-electron chi connectivity index (χ3n) is 4.07. The minimum atomic E-state index is -1.57. The number of imide groups is 1. The summed E-state index contributed by atoms with van der Waals surface area (Å²) in [5.74, 6) is -0.548. The maximum atomic E-state index is 12.8. The van der Waals surface area contributed by atoms with E-state index < -0.39 is 23.8 Å². The standard InChI is InChI=1S/C15H15IN2O4/c1-17-12(19)15(13(20)18(2)14(17)21)11(10(16)8-22-15)9-6-4-3-5-7-9/h3-7,12,19H,8H2,1-2H3/t12-,15+/m0/s1. The largest absolute Gasteiger partial charge is 0.370 e. The highest BCUT2D eigenvalue weighted by Crippen LogP contribution is 2.47. The topological polar surface area (TPSA) is 70.1 Å². The monoisotopic (exact) mass is 414 g/mol. The van der Waals surface area contributed by atoms with Crippen LogP contribution in [-0.4, -0.2) is 59.4 Å². The molecule has 1 aromatic carbocycles. The van der Waals surface area contributed by atoms with Crippen molar-refractivity contribution in [3.05, 3.63) is 39.5 Å². The second-order valence-electron chi connectivity index (χ2n) is 5.30. The SMILES string of the molecule is CN1C(=O)N(C)[C@@H](O)[C@@]2(OCC(I)=C2c2ccccc2)C1=O. The highest BCUT2D eigenvalue weighted by atomic mass is 127. The van der Waals surface area contributed by atoms with E-state index in [0.717, 1.165) is 18.9 Å². The molecule has 7 heteroatoms. The number of rotatable bonds is 1. The van der Waals surface area contributed by atoms with Gasteiger partial charge in [-0.25, -0.2) is 4.79 Å². The lowest BCUT2D eigenvalue weighted by Crippen LogP contribution is -2.69. The summed E-state index contributed by atoms with van der Waals surface area (Å²) in [7, 11) is 2.85. The fraction of sp³-hybridized carbons (Fsp3) is 0.333. The lowest BCUT2D eigenvalue weighted by molar-refractivity contribution is -0.176. The van der Waals surface area contributed by atoms with Gasteiger partial charge < -0.3 is 9.84 Å². The molecule has 2 atom stereocenters. The Morgan fingerprint density at radius 3 is 2.55 bits per heavy atom. The van der Waals surface area contributed by atoms with Gasteiger partial charge in [-0.15, -0.1) is 0 Å². The van der Waals surface area contributed by atoms with Crippen LogP contribution >= 0.6 is 22.6 Å². The van der Waals surface area contributed by atoms with E-state index in [1.807, 2.05) is 30.3 Å². The molecule has 3 rings (SSSR count). The molecular weight excluding hydrogens is 399 g/mol. The van der Waals surface area contributed by atoms with Crippen molar-refractivity contribution in [3.63, 3.8) is 0 Å². The number of likely N-dealkylation sites (N-methyl/N-ethyl adjacent to an activating group) is 2. The number of nitrogens with zero attached hydrogens (tertiary/aromatic N) is 2. The molecule has 0 unspecified atom stereocenters. The molecule has 0 radical (unpaired) electrons. The molecule has 1 spiro atoms. The zero-order valence-corrected chi connectivity index (χ0v) is 14.3. The third-order valence-corrected chi connectivity index (χ3v) is 4.92. The highest BCUT2D eigenvalue weighted by Gasteiger charge is 2.61. The number of carbonyl (C=O) groups is 2. The van der Waals surface area contributed by atoms with Crippen LogP contribution in [0.25, 0.3) is 5.57 Å². The Hall–Kier alpha value is -1.45. The van der Waals surface area contributed by atoms with Crippen LogP contribution in [0, 0.1) is 0 Å². The average Bonchev–Trinajstić information content (AvgIpc) is 2.89. The van der Waals surface area contributed by atoms with E-state index >= 15 is 0 Å². The number of aliphatic hydroxyl groups is 1. The van der Waals surface area contributed by atoms with Gasteiger partial charge in [0.1, 0.15) is 0 Å². The Kier molecular flexibility index (Phi) is 3.74. The van der Waals surface area contributed by atoms with Crippen LogP contribution in [-0.2, 0) is 9.53 Å². The van der Waals surface area contributed by atoms with Gasteiger partial charge in [0.05, 0.1) is 6.61 Å². The maximum Gasteiger partial charge on any atom is 0.328 e. The fourth-order valence-corrected chi connectivity index (χ4v) is 3.80. The van der Waals surface area contributed by atoms with E-state index in [2.05, 4.69) is 22.6 Å². The van der Waals surface area contributed by atoms with Crippen molar-refractivity contribution < 1.29 is 19.4 Å². The summed E-state index contributed by atoms with van der Waals surface area (Å²) >= 11 is 2.12. The highest BCUT2D eigenvalue weighted by molar-refractivity contribution is 14.1. The van der Waals surface area contributed by atoms with E-state index in [1.165, 1.54) is 14.1 Å². The Morgan fingerprint density at radius 2 is 1.91 bits per heavy atom. The van der Waals surface area contributed by atoms with Crippen LogP contribution in [0.5, 0.6) is 0 Å². The Morgan fingerprint density at radius 1 is 1.27 bits per heavy atom. The first-order chi connectivity index (χ1) is 10.4. The second kappa shape index (κ2) is 5.32. The summed E-state index contributed by atoms with van der Waals surface area (Å²) in [6.07, 6.45) is -1.37. The Labute approximate surface area is 141 Å². The van der Waals surface area contributed by atoms with Gasteiger partial charge in [-0.2, -0.15) is 0 Å². The van der Waals surface area contributed by atoms with Crippen molar-refractivity contribution in [1.29, 1.82) is 0 Å². The molecule has 1 fully saturated rings. The van der Waals surface area contributed by atoms with Crippen molar-refractivity contribution >= 4 is 40.1 Å². The lowest BCUT2D eigenvalue weighted by Gasteiger charge is -2.45. The summed E-state index contributed by atoms with van der Waals surface area (Å²) in [5, 5.41) is 10.6. The minimum absolute atomic E-state index is 0.226. The van der Waals surface area contributed by atoms with Crippen LogP contribution in [0.15, 0.2) is 33.9 Å². The molecule has 0 aromatic heterocycles. The number of carbonyl (C=O) groups excluding carboxylic acids is 2. The number of halogens is 1. The first-order valence-corrected chi connectivity index (χ1v) is 7.80. The minimum Gasteiger partial charge on any atom is -0.370 e. The van der Waals surface area contributed by atoms with E-state index in [0.29, 0.717) is 5.57 Å². The average molecular weight is 414 g/mol. The van der Waals surface area contributed by atoms with Gasteiger partial charge in [0.15, 0.2) is 6.23 Å². The van der Waals surface area contributed by atoms with Gasteiger partial charge in [0.2, 0.25) is 5.60 Å². The first-order valence-electron chi connectivity index (χ1n) is 6.72. The summed E-state index contributed by atoms with van der Waals surface area (Å²) in [6, 6.07) is 8.76. The van der Waals surface area contributed by atoms with Gasteiger partial charge in [-0.05, 0) is 28.2 Å². The molecule has 3 amide bonds. The Balaban J connectivity index is 2.19. The molecule has 2 aliphatic rings. The predicted octanol–water partition coefficient (Wildman–Crippen LogP) is 1.44. The normalized spacial score (nSPS) is 29.0. The number of urea groups is 1. The molecule has 2 aliphatic heterocycles. The number of ether oxygens (including phenoxy) is 1. The van der Waals surface area contributed by atoms with E-state index in [9.17, 15) is 14.7 Å². The maximum absolute atomic E-state index is 12.8. The number of aliphatic hydroxyl groups excluding tert-OH is 1. The summed E-state index contributed by atoms with van der Waals surface area (Å²) in [4.78, 5) is 26.9. The Bertz CT molecular complexity index is 675. The van der Waals surface area contributed by atoms with E-state index in [4.69, 9.17) is 4.74 Å². The zero-order chi connectivity index (χ0) is 16.1. The van der Waals surface area contributed by atoms with Crippen molar-refractivity contribution in [3.8, 4) is 0 Å². The molecule has 22 heavy (non-hydrogen) atoms. The van der Waals surface area contributed by atoms with Crippen molar-refractivity contribution in [1.82, 2.24) is 9.80 Å². The van der Waals surface area contributed by atoms with Gasteiger partial charge in [-0.1, -0.05) is 30.3 Å². The molecule has 6 nitrogen and oxygen atoms in total. The summed E-state index contributed by atoms with van der Waals surface area (Å²) in [5.41, 5.74) is -0.153. The van der Waals surface area contributed by atoms with Gasteiger partial charge in [0, 0.05) is 23.2 Å². The molecule has 0 aliphatic carbocycles. The molecule has 1 saturated heterocycles. The number of hydrogen-bond donors (Lipinski definition) is 1. The summed E-state index contributed by atoms with van der Waals surface area (Å²) < 4.78 is 6.60. The molecular formula is C15H15IN2O4. The van der Waals surface area contributed by atoms with Crippen LogP contribution < -0.4 is 0 Å². The molecule has 0 saturated carbocycles. The van der Waals surface area contributed by atoms with Crippen LogP contribution in [0.4, 0.5) is 4.79 Å². The first kappa shape index (κ1) is 15.4. The fourth-order valence-electron chi connectivity index (χ4n) is 2.93. The molecule has 2 heterocycles. The zero-order valence-electron chi connectivity index (χ0n) is 12.1. The second-order valence-corrected chi connectivity index (χ2v) is 6.60. The third kappa shape index (κ3) is 1.92. The molecule has 0 bridgehead atoms. The van der Waals surface area contributed by atoms with E-state index in [-0.39, 0.29) is 6.61 Å². The lowest BCUT2D eigenvalue weighted by atomic mass is 9.84. The van der Waals surface area contributed by atoms with Crippen LogP contribution in [0.1, 0.15) is 5.56 Å². The molecule has 1 aromatic rings. The van der Waals surface area contributed by atoms with Crippen molar-refractivity contribution in [2.75, 3.05) is 20.7 Å².